The Morgan fingerprint density at radius 1 is 1.00 bits per heavy atom. The van der Waals surface area contributed by atoms with Gasteiger partial charge in [0, 0.05) is 16.6 Å². The fraction of sp³-hybridized carbons (Fsp3) is 0.120. The summed E-state index contributed by atoms with van der Waals surface area (Å²) in [7, 11) is -2.86. The minimum atomic E-state index is -4.12. The van der Waals surface area contributed by atoms with Crippen molar-refractivity contribution in [3.05, 3.63) is 95.1 Å². The summed E-state index contributed by atoms with van der Waals surface area (Å²) in [6.45, 7) is 1.22. The number of fused-ring (bicyclic) bond motifs is 1. The predicted octanol–water partition coefficient (Wildman–Crippen LogP) is 4.93. The van der Waals surface area contributed by atoms with E-state index in [4.69, 9.17) is 16.3 Å². The normalized spacial score (nSPS) is 11.4. The van der Waals surface area contributed by atoms with Crippen molar-refractivity contribution >= 4 is 50.1 Å². The molecule has 9 heteroatoms. The average Bonchev–Trinajstić information content (AvgIpc) is 3.24. The number of para-hydroxylation sites is 1. The van der Waals surface area contributed by atoms with Crippen LogP contribution in [0.3, 0.4) is 0 Å². The van der Waals surface area contributed by atoms with E-state index in [0.717, 1.165) is 4.31 Å². The van der Waals surface area contributed by atoms with Gasteiger partial charge in [-0.05, 0) is 42.8 Å². The second-order valence-electron chi connectivity index (χ2n) is 7.57. The van der Waals surface area contributed by atoms with Gasteiger partial charge in [0.25, 0.3) is 15.9 Å². The lowest BCUT2D eigenvalue weighted by molar-refractivity contribution is 0.0603. The Labute approximate surface area is 202 Å². The number of hydrogen-bond donors (Lipinski definition) is 0. The first kappa shape index (κ1) is 23.5. The van der Waals surface area contributed by atoms with Crippen LogP contribution in [0.25, 0.3) is 10.9 Å². The number of nitrogens with zero attached hydrogens (tertiary/aromatic N) is 2. The maximum atomic E-state index is 13.6. The SMILES string of the molecule is COC(=O)c1cn(C(=O)CN(c2cc(Cl)ccc2C)S(=O)(=O)c2ccccc2)c2ccccc12. The van der Waals surface area contributed by atoms with Crippen LogP contribution in [-0.4, -0.2) is 38.5 Å². The molecule has 0 amide bonds. The lowest BCUT2D eigenvalue weighted by atomic mass is 10.2. The van der Waals surface area contributed by atoms with Gasteiger partial charge in [-0.25, -0.2) is 13.2 Å². The number of hydrogen-bond acceptors (Lipinski definition) is 5. The third-order valence-corrected chi connectivity index (χ3v) is 7.44. The fourth-order valence-corrected chi connectivity index (χ4v) is 5.39. The van der Waals surface area contributed by atoms with Crippen LogP contribution in [0.1, 0.15) is 20.7 Å². The average molecular weight is 497 g/mol. The molecule has 0 aliphatic heterocycles. The summed E-state index contributed by atoms with van der Waals surface area (Å²) in [5.41, 5.74) is 1.59. The molecule has 0 aliphatic rings. The van der Waals surface area contributed by atoms with Crippen LogP contribution in [0.5, 0.6) is 0 Å². The quantitative estimate of drug-likeness (QED) is 0.353. The monoisotopic (exact) mass is 496 g/mol. The first-order valence-corrected chi connectivity index (χ1v) is 12.1. The van der Waals surface area contributed by atoms with Gasteiger partial charge >= 0.3 is 5.97 Å². The smallest absolute Gasteiger partial charge is 0.340 e. The molecule has 34 heavy (non-hydrogen) atoms. The van der Waals surface area contributed by atoms with E-state index in [0.29, 0.717) is 21.5 Å². The van der Waals surface area contributed by atoms with Gasteiger partial charge in [0.15, 0.2) is 0 Å². The molecular weight excluding hydrogens is 476 g/mol. The first-order chi connectivity index (χ1) is 16.2. The van der Waals surface area contributed by atoms with Crippen LogP contribution in [0, 0.1) is 6.92 Å². The maximum absolute atomic E-state index is 13.6. The Balaban J connectivity index is 1.84. The Bertz CT molecular complexity index is 1500. The van der Waals surface area contributed by atoms with E-state index in [-0.39, 0.29) is 16.1 Å². The van der Waals surface area contributed by atoms with Gasteiger partial charge in [0.05, 0.1) is 28.8 Å². The summed E-state index contributed by atoms with van der Waals surface area (Å²) in [5, 5.41) is 0.861. The van der Waals surface area contributed by atoms with E-state index >= 15 is 0 Å². The number of esters is 1. The summed E-state index contributed by atoms with van der Waals surface area (Å²) < 4.78 is 34.4. The van der Waals surface area contributed by atoms with Crippen molar-refractivity contribution in [3.8, 4) is 0 Å². The molecule has 0 N–H and O–H groups in total. The standard InChI is InChI=1S/C25H21ClN2O5S/c1-17-12-13-18(26)14-23(17)28(34(31,32)19-8-4-3-5-9-19)16-24(29)27-15-21(25(30)33-2)20-10-6-7-11-22(20)27/h3-15H,16H2,1-2H3. The third kappa shape index (κ3) is 4.30. The number of rotatable bonds is 6. The van der Waals surface area contributed by atoms with Crippen LogP contribution < -0.4 is 4.31 Å². The van der Waals surface area contributed by atoms with Gasteiger partial charge in [-0.15, -0.1) is 0 Å². The molecule has 7 nitrogen and oxygen atoms in total. The Kier molecular flexibility index (Phi) is 6.45. The molecule has 0 unspecified atom stereocenters. The molecule has 1 aromatic heterocycles. The summed E-state index contributed by atoms with van der Waals surface area (Å²) in [6.07, 6.45) is 1.37. The minimum Gasteiger partial charge on any atom is -0.465 e. The molecule has 174 valence electrons. The number of anilines is 1. The van der Waals surface area contributed by atoms with Crippen molar-refractivity contribution in [1.82, 2.24) is 4.57 Å². The molecule has 0 saturated heterocycles. The lowest BCUT2D eigenvalue weighted by Gasteiger charge is -2.26. The highest BCUT2D eigenvalue weighted by Gasteiger charge is 2.30. The molecule has 0 atom stereocenters. The van der Waals surface area contributed by atoms with Gasteiger partial charge in [0.1, 0.15) is 6.54 Å². The summed E-state index contributed by atoms with van der Waals surface area (Å²) >= 11 is 6.18. The van der Waals surface area contributed by atoms with E-state index in [1.807, 2.05) is 0 Å². The largest absolute Gasteiger partial charge is 0.465 e. The zero-order valence-electron chi connectivity index (χ0n) is 18.4. The van der Waals surface area contributed by atoms with E-state index in [9.17, 15) is 18.0 Å². The zero-order chi connectivity index (χ0) is 24.5. The van der Waals surface area contributed by atoms with Gasteiger partial charge in [-0.2, -0.15) is 0 Å². The number of ether oxygens (including phenoxy) is 1. The van der Waals surface area contributed by atoms with Crippen molar-refractivity contribution in [1.29, 1.82) is 0 Å². The molecule has 0 aliphatic carbocycles. The van der Waals surface area contributed by atoms with Crippen molar-refractivity contribution in [3.63, 3.8) is 0 Å². The summed E-state index contributed by atoms with van der Waals surface area (Å²) in [4.78, 5) is 25.8. The second kappa shape index (κ2) is 9.32. The van der Waals surface area contributed by atoms with E-state index in [1.54, 1.807) is 61.5 Å². The maximum Gasteiger partial charge on any atom is 0.340 e. The second-order valence-corrected chi connectivity index (χ2v) is 9.87. The number of methoxy groups -OCH3 is 1. The third-order valence-electron chi connectivity index (χ3n) is 5.44. The van der Waals surface area contributed by atoms with Crippen molar-refractivity contribution in [2.24, 2.45) is 0 Å². The first-order valence-electron chi connectivity index (χ1n) is 10.3. The number of halogens is 1. The Hall–Kier alpha value is -3.62. The number of benzene rings is 3. The van der Waals surface area contributed by atoms with E-state index in [2.05, 4.69) is 0 Å². The molecule has 4 aromatic rings. The van der Waals surface area contributed by atoms with Crippen molar-refractivity contribution in [2.45, 2.75) is 11.8 Å². The molecule has 1 heterocycles. The number of carbonyl (C=O) groups is 2. The molecule has 0 fully saturated rings. The highest BCUT2D eigenvalue weighted by Crippen LogP contribution is 2.30. The highest BCUT2D eigenvalue weighted by atomic mass is 35.5. The van der Waals surface area contributed by atoms with Crippen molar-refractivity contribution < 1.29 is 22.7 Å². The Morgan fingerprint density at radius 2 is 1.68 bits per heavy atom. The molecule has 0 bridgehead atoms. The number of carbonyl (C=O) groups excluding carboxylic acids is 2. The molecule has 3 aromatic carbocycles. The Morgan fingerprint density at radius 3 is 2.38 bits per heavy atom. The van der Waals surface area contributed by atoms with E-state index in [1.165, 1.54) is 36.1 Å². The topological polar surface area (TPSA) is 85.7 Å². The summed E-state index contributed by atoms with van der Waals surface area (Å²) in [6, 6.07) is 19.6. The molecule has 0 radical (unpaired) electrons. The van der Waals surface area contributed by atoms with Gasteiger partial charge < -0.3 is 4.74 Å². The van der Waals surface area contributed by atoms with Gasteiger partial charge in [-0.3, -0.25) is 13.7 Å². The highest BCUT2D eigenvalue weighted by molar-refractivity contribution is 7.92. The van der Waals surface area contributed by atoms with Crippen LogP contribution in [0.4, 0.5) is 5.69 Å². The molecular formula is C25H21ClN2O5S. The summed E-state index contributed by atoms with van der Waals surface area (Å²) in [5.74, 6) is -1.15. The molecule has 0 saturated carbocycles. The van der Waals surface area contributed by atoms with Gasteiger partial charge in [-0.1, -0.05) is 54.1 Å². The molecule has 4 rings (SSSR count). The van der Waals surface area contributed by atoms with Crippen LogP contribution in [0.15, 0.2) is 83.9 Å². The predicted molar refractivity (Wildman–Crippen MR) is 131 cm³/mol. The van der Waals surface area contributed by atoms with Gasteiger partial charge in [0.2, 0.25) is 0 Å². The fourth-order valence-electron chi connectivity index (χ4n) is 3.73. The van der Waals surface area contributed by atoms with Crippen molar-refractivity contribution in [2.75, 3.05) is 18.0 Å². The number of aryl methyl sites for hydroxylation is 1. The van der Waals surface area contributed by atoms with Crippen LogP contribution >= 0.6 is 11.6 Å². The molecule has 0 spiro atoms. The lowest BCUT2D eigenvalue weighted by Crippen LogP contribution is -2.38. The van der Waals surface area contributed by atoms with E-state index < -0.39 is 28.4 Å². The number of aromatic nitrogens is 1. The zero-order valence-corrected chi connectivity index (χ0v) is 20.0. The number of sulfonamides is 1. The van der Waals surface area contributed by atoms with Crippen LogP contribution in [-0.2, 0) is 14.8 Å². The van der Waals surface area contributed by atoms with Crippen LogP contribution in [0.2, 0.25) is 5.02 Å². The minimum absolute atomic E-state index is 0.0368.